The Kier molecular flexibility index (Phi) is 4.84. The van der Waals surface area contributed by atoms with Crippen LogP contribution in [-0.4, -0.2) is 39.0 Å². The second-order valence-electron chi connectivity index (χ2n) is 4.72. The zero-order valence-electron chi connectivity index (χ0n) is 10.9. The van der Waals surface area contributed by atoms with E-state index in [1.54, 1.807) is 35.7 Å². The van der Waals surface area contributed by atoms with Crippen LogP contribution in [0.15, 0.2) is 24.3 Å². The van der Waals surface area contributed by atoms with Gasteiger partial charge in [-0.15, -0.1) is 0 Å². The molecule has 1 heterocycles. The van der Waals surface area contributed by atoms with Crippen LogP contribution >= 0.6 is 11.6 Å². The van der Waals surface area contributed by atoms with Crippen molar-refractivity contribution in [2.45, 2.75) is 24.7 Å². The van der Waals surface area contributed by atoms with Crippen molar-refractivity contribution in [2.24, 2.45) is 0 Å². The molecule has 1 fully saturated rings. The van der Waals surface area contributed by atoms with Gasteiger partial charge in [-0.1, -0.05) is 23.7 Å². The Morgan fingerprint density at radius 1 is 1.26 bits per heavy atom. The fourth-order valence-corrected chi connectivity index (χ4v) is 3.92. The molecular formula is C13H18ClNO3S. The SMILES string of the molecule is COC1CCN(S(=O)(=O)Cc2ccc(Cl)cc2)CC1. The summed E-state index contributed by atoms with van der Waals surface area (Å²) in [5.74, 6) is 0.0296. The minimum Gasteiger partial charge on any atom is -0.381 e. The summed E-state index contributed by atoms with van der Waals surface area (Å²) in [5, 5.41) is 0.613. The first-order chi connectivity index (χ1) is 9.01. The first-order valence-corrected chi connectivity index (χ1v) is 8.25. The maximum atomic E-state index is 12.3. The maximum Gasteiger partial charge on any atom is 0.218 e. The van der Waals surface area contributed by atoms with Crippen LogP contribution in [0.5, 0.6) is 0 Å². The molecule has 1 aliphatic heterocycles. The van der Waals surface area contributed by atoms with Gasteiger partial charge in [-0.3, -0.25) is 0 Å². The lowest BCUT2D eigenvalue weighted by Crippen LogP contribution is -2.41. The topological polar surface area (TPSA) is 46.6 Å². The Morgan fingerprint density at radius 3 is 2.37 bits per heavy atom. The average molecular weight is 304 g/mol. The molecule has 0 unspecified atom stereocenters. The van der Waals surface area contributed by atoms with Crippen molar-refractivity contribution in [1.82, 2.24) is 4.31 Å². The summed E-state index contributed by atoms with van der Waals surface area (Å²) in [6.07, 6.45) is 1.70. The molecule has 0 N–H and O–H groups in total. The smallest absolute Gasteiger partial charge is 0.218 e. The van der Waals surface area contributed by atoms with Gasteiger partial charge in [-0.05, 0) is 30.5 Å². The molecule has 0 radical (unpaired) electrons. The zero-order chi connectivity index (χ0) is 13.9. The summed E-state index contributed by atoms with van der Waals surface area (Å²) in [4.78, 5) is 0. The second-order valence-corrected chi connectivity index (χ2v) is 7.12. The number of nitrogens with zero attached hydrogens (tertiary/aromatic N) is 1. The molecule has 19 heavy (non-hydrogen) atoms. The molecule has 106 valence electrons. The van der Waals surface area contributed by atoms with Gasteiger partial charge in [0.2, 0.25) is 10.0 Å². The fourth-order valence-electron chi connectivity index (χ4n) is 2.23. The average Bonchev–Trinajstić information content (AvgIpc) is 2.41. The third kappa shape index (κ3) is 3.92. The van der Waals surface area contributed by atoms with Crippen molar-refractivity contribution in [3.63, 3.8) is 0 Å². The van der Waals surface area contributed by atoms with Crippen LogP contribution in [0.25, 0.3) is 0 Å². The molecule has 0 saturated carbocycles. The minimum atomic E-state index is -3.25. The molecule has 1 aromatic carbocycles. The third-order valence-electron chi connectivity index (χ3n) is 3.39. The molecule has 0 spiro atoms. The number of piperidine rings is 1. The van der Waals surface area contributed by atoms with Crippen molar-refractivity contribution >= 4 is 21.6 Å². The quantitative estimate of drug-likeness (QED) is 0.857. The van der Waals surface area contributed by atoms with Crippen LogP contribution in [0.4, 0.5) is 0 Å². The van der Waals surface area contributed by atoms with Crippen LogP contribution in [0.2, 0.25) is 5.02 Å². The van der Waals surface area contributed by atoms with Crippen molar-refractivity contribution in [2.75, 3.05) is 20.2 Å². The van der Waals surface area contributed by atoms with Crippen LogP contribution in [0.3, 0.4) is 0 Å². The van der Waals surface area contributed by atoms with E-state index in [9.17, 15) is 8.42 Å². The zero-order valence-corrected chi connectivity index (χ0v) is 12.5. The van der Waals surface area contributed by atoms with E-state index in [0.29, 0.717) is 18.1 Å². The van der Waals surface area contributed by atoms with Crippen LogP contribution in [-0.2, 0) is 20.5 Å². The van der Waals surface area contributed by atoms with Gasteiger partial charge in [0.25, 0.3) is 0 Å². The Morgan fingerprint density at radius 2 is 1.84 bits per heavy atom. The van der Waals surface area contributed by atoms with Gasteiger partial charge in [0.1, 0.15) is 0 Å². The summed E-state index contributed by atoms with van der Waals surface area (Å²) < 4.78 is 31.4. The summed E-state index contributed by atoms with van der Waals surface area (Å²) in [5.41, 5.74) is 0.762. The monoisotopic (exact) mass is 303 g/mol. The first-order valence-electron chi connectivity index (χ1n) is 6.26. The number of hydrogen-bond acceptors (Lipinski definition) is 3. The van der Waals surface area contributed by atoms with E-state index in [4.69, 9.17) is 16.3 Å². The molecule has 1 aliphatic rings. The van der Waals surface area contributed by atoms with Crippen LogP contribution < -0.4 is 0 Å². The maximum absolute atomic E-state index is 12.3. The molecule has 0 amide bonds. The van der Waals surface area contributed by atoms with Crippen molar-refractivity contribution in [3.8, 4) is 0 Å². The highest BCUT2D eigenvalue weighted by molar-refractivity contribution is 7.88. The molecule has 0 bridgehead atoms. The summed E-state index contributed by atoms with van der Waals surface area (Å²) >= 11 is 5.79. The van der Waals surface area contributed by atoms with E-state index in [0.717, 1.165) is 18.4 Å². The minimum absolute atomic E-state index is 0.0296. The predicted molar refractivity (Wildman–Crippen MR) is 75.7 cm³/mol. The summed E-state index contributed by atoms with van der Waals surface area (Å²) in [6, 6.07) is 6.93. The lowest BCUT2D eigenvalue weighted by molar-refractivity contribution is 0.0604. The Bertz CT molecular complexity index is 507. The van der Waals surface area contributed by atoms with Gasteiger partial charge in [-0.25, -0.2) is 12.7 Å². The Hall–Kier alpha value is -0.620. The standard InChI is InChI=1S/C13H18ClNO3S/c1-18-13-6-8-15(9-7-13)19(16,17)10-11-2-4-12(14)5-3-11/h2-5,13H,6-10H2,1H3. The molecule has 2 rings (SSSR count). The third-order valence-corrected chi connectivity index (χ3v) is 5.49. The molecule has 6 heteroatoms. The highest BCUT2D eigenvalue weighted by Crippen LogP contribution is 2.19. The summed E-state index contributed by atoms with van der Waals surface area (Å²) in [7, 11) is -1.58. The van der Waals surface area contributed by atoms with Crippen molar-refractivity contribution < 1.29 is 13.2 Å². The highest BCUT2D eigenvalue weighted by atomic mass is 35.5. The normalized spacial score (nSPS) is 18.6. The molecule has 1 saturated heterocycles. The predicted octanol–water partition coefficient (Wildman–Crippen LogP) is 2.28. The van der Waals surface area contributed by atoms with E-state index >= 15 is 0 Å². The lowest BCUT2D eigenvalue weighted by Gasteiger charge is -2.30. The van der Waals surface area contributed by atoms with Gasteiger partial charge in [0.05, 0.1) is 11.9 Å². The van der Waals surface area contributed by atoms with Crippen LogP contribution in [0.1, 0.15) is 18.4 Å². The van der Waals surface area contributed by atoms with E-state index in [1.165, 1.54) is 0 Å². The number of methoxy groups -OCH3 is 1. The van der Waals surface area contributed by atoms with Gasteiger partial charge < -0.3 is 4.74 Å². The van der Waals surface area contributed by atoms with Crippen LogP contribution in [0, 0.1) is 0 Å². The number of sulfonamides is 1. The first kappa shape index (κ1) is 14.8. The highest BCUT2D eigenvalue weighted by Gasteiger charge is 2.27. The Balaban J connectivity index is 2.01. The molecule has 4 nitrogen and oxygen atoms in total. The van der Waals surface area contributed by atoms with Crippen molar-refractivity contribution in [3.05, 3.63) is 34.9 Å². The van der Waals surface area contributed by atoms with E-state index in [2.05, 4.69) is 0 Å². The molecular weight excluding hydrogens is 286 g/mol. The summed E-state index contributed by atoms with van der Waals surface area (Å²) in [6.45, 7) is 1.07. The second kappa shape index (κ2) is 6.22. The van der Waals surface area contributed by atoms with E-state index in [1.807, 2.05) is 0 Å². The van der Waals surface area contributed by atoms with Gasteiger partial charge in [-0.2, -0.15) is 0 Å². The number of rotatable bonds is 4. The van der Waals surface area contributed by atoms with Crippen molar-refractivity contribution in [1.29, 1.82) is 0 Å². The largest absolute Gasteiger partial charge is 0.381 e. The van der Waals surface area contributed by atoms with Gasteiger partial charge in [0, 0.05) is 25.2 Å². The fraction of sp³-hybridized carbons (Fsp3) is 0.538. The van der Waals surface area contributed by atoms with Gasteiger partial charge in [0.15, 0.2) is 0 Å². The molecule has 0 aliphatic carbocycles. The Labute approximate surface area is 119 Å². The number of hydrogen-bond donors (Lipinski definition) is 0. The van der Waals surface area contributed by atoms with E-state index < -0.39 is 10.0 Å². The number of benzene rings is 1. The van der Waals surface area contributed by atoms with E-state index in [-0.39, 0.29) is 11.9 Å². The lowest BCUT2D eigenvalue weighted by atomic mass is 10.1. The van der Waals surface area contributed by atoms with Gasteiger partial charge >= 0.3 is 0 Å². The molecule has 1 aromatic rings. The molecule has 0 aromatic heterocycles. The number of halogens is 1. The number of ether oxygens (including phenoxy) is 1. The molecule has 0 atom stereocenters.